The average Bonchev–Trinajstić information content (AvgIpc) is 2.90. The third-order valence-corrected chi connectivity index (χ3v) is 2.34. The minimum atomic E-state index is 0.0474. The molecule has 5 heteroatoms. The quantitative estimate of drug-likeness (QED) is 0.762. The summed E-state index contributed by atoms with van der Waals surface area (Å²) in [7, 11) is 0. The van der Waals surface area contributed by atoms with E-state index < -0.39 is 0 Å². The van der Waals surface area contributed by atoms with Gasteiger partial charge in [-0.25, -0.2) is 0 Å². The van der Waals surface area contributed by atoms with Gasteiger partial charge in [-0.1, -0.05) is 6.92 Å². The van der Waals surface area contributed by atoms with Gasteiger partial charge >= 0.3 is 0 Å². The van der Waals surface area contributed by atoms with Crippen LogP contribution in [0.25, 0.3) is 0 Å². The Morgan fingerprint density at radius 3 is 3.20 bits per heavy atom. The van der Waals surface area contributed by atoms with Crippen molar-refractivity contribution in [2.75, 3.05) is 13.2 Å². The second-order valence-electron chi connectivity index (χ2n) is 3.53. The summed E-state index contributed by atoms with van der Waals surface area (Å²) in [5.74, 6) is 0.970. The fourth-order valence-electron chi connectivity index (χ4n) is 1.63. The zero-order valence-corrected chi connectivity index (χ0v) is 8.86. The van der Waals surface area contributed by atoms with Crippen LogP contribution in [0.1, 0.15) is 31.5 Å². The van der Waals surface area contributed by atoms with Crippen molar-refractivity contribution >= 4 is 0 Å². The van der Waals surface area contributed by atoms with Gasteiger partial charge in [0, 0.05) is 6.42 Å². The van der Waals surface area contributed by atoms with Gasteiger partial charge < -0.3 is 10.1 Å². The van der Waals surface area contributed by atoms with E-state index >= 15 is 0 Å². The molecule has 0 amide bonds. The summed E-state index contributed by atoms with van der Waals surface area (Å²) < 4.78 is 5.55. The highest BCUT2D eigenvalue weighted by atomic mass is 16.5. The summed E-state index contributed by atoms with van der Waals surface area (Å²) >= 11 is 0. The van der Waals surface area contributed by atoms with E-state index in [9.17, 15) is 0 Å². The third kappa shape index (κ3) is 2.36. The van der Waals surface area contributed by atoms with Crippen molar-refractivity contribution in [2.24, 2.45) is 0 Å². The van der Waals surface area contributed by atoms with E-state index in [2.05, 4.69) is 33.7 Å². The van der Waals surface area contributed by atoms with Gasteiger partial charge in [-0.2, -0.15) is 15.4 Å². The van der Waals surface area contributed by atoms with E-state index in [0.717, 1.165) is 37.4 Å². The fourth-order valence-corrected chi connectivity index (χ4v) is 1.63. The molecule has 2 N–H and O–H groups in total. The van der Waals surface area contributed by atoms with Crippen LogP contribution in [0.2, 0.25) is 0 Å². The molecule has 1 atom stereocenters. The minimum absolute atomic E-state index is 0.0474. The lowest BCUT2D eigenvalue weighted by molar-refractivity contribution is 0.214. The molecule has 1 unspecified atom stereocenters. The number of nitrogens with zero attached hydrogens (tertiary/aromatic N) is 2. The van der Waals surface area contributed by atoms with Gasteiger partial charge in [0.2, 0.25) is 0 Å². The lowest BCUT2D eigenvalue weighted by Crippen LogP contribution is -2.24. The minimum Gasteiger partial charge on any atom is -0.496 e. The lowest BCUT2D eigenvalue weighted by atomic mass is 10.1. The van der Waals surface area contributed by atoms with Crippen LogP contribution in [0, 0.1) is 0 Å². The molecule has 0 aromatic carbocycles. The lowest BCUT2D eigenvalue weighted by Gasteiger charge is -2.16. The molecule has 0 aliphatic carbocycles. The summed E-state index contributed by atoms with van der Waals surface area (Å²) in [6.07, 6.45) is 5.91. The van der Waals surface area contributed by atoms with Gasteiger partial charge in [0.15, 0.2) is 0 Å². The summed E-state index contributed by atoms with van der Waals surface area (Å²) in [6, 6.07) is 0.0474. The Balaban J connectivity index is 2.09. The fraction of sp³-hybridized carbons (Fsp3) is 0.600. The van der Waals surface area contributed by atoms with Crippen molar-refractivity contribution in [2.45, 2.75) is 25.8 Å². The second kappa shape index (κ2) is 4.93. The van der Waals surface area contributed by atoms with Crippen LogP contribution in [0.5, 0.6) is 0 Å². The SMILES string of the molecule is CCCNC(C1=CCCO1)c1cn[nH]n1. The summed E-state index contributed by atoms with van der Waals surface area (Å²) in [4.78, 5) is 0. The van der Waals surface area contributed by atoms with Crippen LogP contribution in [-0.4, -0.2) is 28.6 Å². The standard InChI is InChI=1S/C10H16N4O/c1-2-5-11-10(8-7-12-14-13-8)9-4-3-6-15-9/h4,7,10-11H,2-3,5-6H2,1H3,(H,12,13,14). The molecule has 0 saturated carbocycles. The first-order valence-electron chi connectivity index (χ1n) is 5.33. The number of nitrogens with one attached hydrogen (secondary N) is 2. The second-order valence-corrected chi connectivity index (χ2v) is 3.53. The van der Waals surface area contributed by atoms with Gasteiger partial charge in [0.1, 0.15) is 17.5 Å². The van der Waals surface area contributed by atoms with E-state index in [1.165, 1.54) is 0 Å². The third-order valence-electron chi connectivity index (χ3n) is 2.34. The van der Waals surface area contributed by atoms with Crippen molar-refractivity contribution < 1.29 is 4.74 Å². The number of hydrogen-bond donors (Lipinski definition) is 2. The molecule has 2 rings (SSSR count). The Bertz CT molecular complexity index is 320. The molecule has 1 aliphatic rings. The first kappa shape index (κ1) is 10.2. The molecular formula is C10H16N4O. The Morgan fingerprint density at radius 1 is 1.67 bits per heavy atom. The van der Waals surface area contributed by atoms with Crippen molar-refractivity contribution in [3.05, 3.63) is 23.7 Å². The summed E-state index contributed by atoms with van der Waals surface area (Å²) in [6.45, 7) is 3.85. The molecule has 2 heterocycles. The first-order chi connectivity index (χ1) is 7.42. The van der Waals surface area contributed by atoms with Crippen molar-refractivity contribution in [3.63, 3.8) is 0 Å². The highest BCUT2D eigenvalue weighted by molar-refractivity contribution is 5.17. The van der Waals surface area contributed by atoms with Crippen LogP contribution in [-0.2, 0) is 4.74 Å². The maximum absolute atomic E-state index is 5.55. The molecular weight excluding hydrogens is 192 g/mol. The number of hydrogen-bond acceptors (Lipinski definition) is 4. The Kier molecular flexibility index (Phi) is 3.34. The molecule has 82 valence electrons. The first-order valence-corrected chi connectivity index (χ1v) is 5.33. The predicted octanol–water partition coefficient (Wildman–Crippen LogP) is 1.15. The number of aromatic amines is 1. The summed E-state index contributed by atoms with van der Waals surface area (Å²) in [5.41, 5.74) is 0.886. The van der Waals surface area contributed by atoms with E-state index in [1.54, 1.807) is 6.20 Å². The van der Waals surface area contributed by atoms with E-state index in [0.29, 0.717) is 0 Å². The Morgan fingerprint density at radius 2 is 2.60 bits per heavy atom. The maximum atomic E-state index is 5.55. The highest BCUT2D eigenvalue weighted by Gasteiger charge is 2.22. The smallest absolute Gasteiger partial charge is 0.115 e. The summed E-state index contributed by atoms with van der Waals surface area (Å²) in [5, 5.41) is 13.9. The molecule has 0 bridgehead atoms. The van der Waals surface area contributed by atoms with Crippen molar-refractivity contribution in [1.82, 2.24) is 20.7 Å². The molecule has 15 heavy (non-hydrogen) atoms. The van der Waals surface area contributed by atoms with Crippen molar-refractivity contribution in [1.29, 1.82) is 0 Å². The van der Waals surface area contributed by atoms with Gasteiger partial charge in [0.25, 0.3) is 0 Å². The maximum Gasteiger partial charge on any atom is 0.115 e. The number of ether oxygens (including phenoxy) is 1. The van der Waals surface area contributed by atoms with E-state index in [4.69, 9.17) is 4.74 Å². The van der Waals surface area contributed by atoms with Crippen LogP contribution in [0.4, 0.5) is 0 Å². The molecule has 0 radical (unpaired) electrons. The van der Waals surface area contributed by atoms with Gasteiger partial charge in [0.05, 0.1) is 12.8 Å². The van der Waals surface area contributed by atoms with Crippen LogP contribution in [0.15, 0.2) is 18.0 Å². The highest BCUT2D eigenvalue weighted by Crippen LogP contribution is 2.24. The van der Waals surface area contributed by atoms with Crippen molar-refractivity contribution in [3.8, 4) is 0 Å². The van der Waals surface area contributed by atoms with Gasteiger partial charge in [-0.15, -0.1) is 0 Å². The molecule has 0 saturated heterocycles. The Hall–Kier alpha value is -1.36. The average molecular weight is 208 g/mol. The molecule has 0 spiro atoms. The topological polar surface area (TPSA) is 62.8 Å². The van der Waals surface area contributed by atoms with Gasteiger partial charge in [-0.05, 0) is 19.0 Å². The number of rotatable bonds is 5. The number of H-pyrrole nitrogens is 1. The van der Waals surface area contributed by atoms with E-state index in [1.807, 2.05) is 0 Å². The molecule has 1 aromatic heterocycles. The van der Waals surface area contributed by atoms with Crippen LogP contribution >= 0.6 is 0 Å². The van der Waals surface area contributed by atoms with Gasteiger partial charge in [-0.3, -0.25) is 0 Å². The molecule has 0 fully saturated rings. The molecule has 1 aliphatic heterocycles. The van der Waals surface area contributed by atoms with E-state index in [-0.39, 0.29) is 6.04 Å². The Labute approximate surface area is 88.9 Å². The molecule has 1 aromatic rings. The van der Waals surface area contributed by atoms with Crippen LogP contribution < -0.4 is 5.32 Å². The molecule has 5 nitrogen and oxygen atoms in total. The zero-order chi connectivity index (χ0) is 10.5. The largest absolute Gasteiger partial charge is 0.496 e. The zero-order valence-electron chi connectivity index (χ0n) is 8.86. The predicted molar refractivity (Wildman–Crippen MR) is 56.1 cm³/mol. The monoisotopic (exact) mass is 208 g/mol. The normalized spacial score (nSPS) is 17.3. The van der Waals surface area contributed by atoms with Crippen LogP contribution in [0.3, 0.4) is 0 Å². The number of aromatic nitrogens is 3.